The van der Waals surface area contributed by atoms with Gasteiger partial charge in [0.25, 0.3) is 0 Å². The Bertz CT molecular complexity index is 717. The van der Waals surface area contributed by atoms with Crippen molar-refractivity contribution in [3.8, 4) is 11.1 Å². The third-order valence-electron chi connectivity index (χ3n) is 2.84. The summed E-state index contributed by atoms with van der Waals surface area (Å²) in [7, 11) is -3.31. The Hall–Kier alpha value is -1.43. The number of rotatable bonds is 3. The standard InChI is InChI=1S/C14H14FNO2S.ClH/c1-19(17,18)12-4-2-3-11(8-12)13-7-10(9-16)5-6-14(13)15;/h2-8H,9,16H2,1H3;1H. The molecule has 0 aliphatic carbocycles. The fraction of sp³-hybridized carbons (Fsp3) is 0.143. The predicted molar refractivity (Wildman–Crippen MR) is 80.1 cm³/mol. The predicted octanol–water partition coefficient (Wildman–Crippen LogP) is 2.78. The molecule has 6 heteroatoms. The maximum Gasteiger partial charge on any atom is 0.175 e. The monoisotopic (exact) mass is 315 g/mol. The Kier molecular flexibility index (Phi) is 5.28. The minimum absolute atomic E-state index is 0. The average molecular weight is 316 g/mol. The molecule has 0 spiro atoms. The number of hydrogen-bond donors (Lipinski definition) is 1. The first kappa shape index (κ1) is 16.6. The smallest absolute Gasteiger partial charge is 0.175 e. The quantitative estimate of drug-likeness (QED) is 0.947. The maximum atomic E-state index is 13.8. The van der Waals surface area contributed by atoms with E-state index in [9.17, 15) is 12.8 Å². The van der Waals surface area contributed by atoms with Gasteiger partial charge in [-0.1, -0.05) is 18.2 Å². The summed E-state index contributed by atoms with van der Waals surface area (Å²) in [6, 6.07) is 10.8. The second kappa shape index (κ2) is 6.35. The number of sulfone groups is 1. The van der Waals surface area contributed by atoms with E-state index in [0.717, 1.165) is 11.8 Å². The minimum atomic E-state index is -3.31. The summed E-state index contributed by atoms with van der Waals surface area (Å²) in [5, 5.41) is 0. The van der Waals surface area contributed by atoms with Gasteiger partial charge in [0.2, 0.25) is 0 Å². The van der Waals surface area contributed by atoms with Gasteiger partial charge >= 0.3 is 0 Å². The summed E-state index contributed by atoms with van der Waals surface area (Å²) in [5.41, 5.74) is 7.20. The highest BCUT2D eigenvalue weighted by Crippen LogP contribution is 2.26. The number of hydrogen-bond acceptors (Lipinski definition) is 3. The van der Waals surface area contributed by atoms with Gasteiger partial charge in [-0.15, -0.1) is 12.4 Å². The molecule has 108 valence electrons. The largest absolute Gasteiger partial charge is 0.326 e. The Labute approximate surface area is 124 Å². The van der Waals surface area contributed by atoms with E-state index in [-0.39, 0.29) is 17.3 Å². The molecule has 0 heterocycles. The minimum Gasteiger partial charge on any atom is -0.326 e. The van der Waals surface area contributed by atoms with E-state index >= 15 is 0 Å². The summed E-state index contributed by atoms with van der Waals surface area (Å²) < 4.78 is 36.9. The second-order valence-corrected chi connectivity index (χ2v) is 6.33. The molecule has 2 rings (SSSR count). The van der Waals surface area contributed by atoms with Crippen molar-refractivity contribution in [3.05, 3.63) is 53.8 Å². The fourth-order valence-electron chi connectivity index (χ4n) is 1.81. The maximum absolute atomic E-state index is 13.8. The van der Waals surface area contributed by atoms with Crippen LogP contribution in [0.1, 0.15) is 5.56 Å². The van der Waals surface area contributed by atoms with E-state index in [1.54, 1.807) is 24.3 Å². The van der Waals surface area contributed by atoms with Gasteiger partial charge in [-0.25, -0.2) is 12.8 Å². The van der Waals surface area contributed by atoms with Crippen LogP contribution in [-0.2, 0) is 16.4 Å². The van der Waals surface area contributed by atoms with Crippen molar-refractivity contribution in [2.75, 3.05) is 6.26 Å². The van der Waals surface area contributed by atoms with Crippen LogP contribution in [0.15, 0.2) is 47.4 Å². The molecule has 2 N–H and O–H groups in total. The van der Waals surface area contributed by atoms with Gasteiger partial charge in [0, 0.05) is 18.4 Å². The Morgan fingerprint density at radius 1 is 1.15 bits per heavy atom. The molecule has 0 aliphatic rings. The molecular weight excluding hydrogens is 301 g/mol. The van der Waals surface area contributed by atoms with Gasteiger partial charge in [-0.05, 0) is 35.4 Å². The molecule has 0 amide bonds. The van der Waals surface area contributed by atoms with E-state index in [1.807, 2.05) is 0 Å². The average Bonchev–Trinajstić information content (AvgIpc) is 2.38. The van der Waals surface area contributed by atoms with Crippen molar-refractivity contribution in [1.82, 2.24) is 0 Å². The Balaban J connectivity index is 0.00000200. The van der Waals surface area contributed by atoms with Crippen molar-refractivity contribution < 1.29 is 12.8 Å². The lowest BCUT2D eigenvalue weighted by Gasteiger charge is -2.07. The van der Waals surface area contributed by atoms with Gasteiger partial charge in [0.05, 0.1) is 4.90 Å². The molecule has 0 radical (unpaired) electrons. The van der Waals surface area contributed by atoms with Crippen LogP contribution in [0.5, 0.6) is 0 Å². The molecule has 0 unspecified atom stereocenters. The van der Waals surface area contributed by atoms with Crippen molar-refractivity contribution in [1.29, 1.82) is 0 Å². The van der Waals surface area contributed by atoms with Gasteiger partial charge in [-0.3, -0.25) is 0 Å². The molecule has 20 heavy (non-hydrogen) atoms. The number of nitrogens with two attached hydrogens (primary N) is 1. The third kappa shape index (κ3) is 3.56. The fourth-order valence-corrected chi connectivity index (χ4v) is 2.48. The van der Waals surface area contributed by atoms with Crippen LogP contribution in [-0.4, -0.2) is 14.7 Å². The molecule has 0 aromatic heterocycles. The van der Waals surface area contributed by atoms with Gasteiger partial charge in [-0.2, -0.15) is 0 Å². The number of halogens is 2. The van der Waals surface area contributed by atoms with Crippen molar-refractivity contribution in [3.63, 3.8) is 0 Å². The lowest BCUT2D eigenvalue weighted by molar-refractivity contribution is 0.602. The molecule has 3 nitrogen and oxygen atoms in total. The van der Waals surface area contributed by atoms with Crippen LogP contribution in [0.2, 0.25) is 0 Å². The molecule has 0 atom stereocenters. The van der Waals surface area contributed by atoms with E-state index < -0.39 is 15.7 Å². The summed E-state index contributed by atoms with van der Waals surface area (Å²) in [6.45, 7) is 0.305. The summed E-state index contributed by atoms with van der Waals surface area (Å²) in [4.78, 5) is 0.169. The molecule has 0 saturated carbocycles. The van der Waals surface area contributed by atoms with Gasteiger partial charge in [0.15, 0.2) is 9.84 Å². The SMILES string of the molecule is CS(=O)(=O)c1cccc(-c2cc(CN)ccc2F)c1.Cl. The first-order chi connectivity index (χ1) is 8.91. The lowest BCUT2D eigenvalue weighted by Crippen LogP contribution is -1.99. The summed E-state index contributed by atoms with van der Waals surface area (Å²) in [5.74, 6) is -0.400. The normalized spacial score (nSPS) is 10.9. The van der Waals surface area contributed by atoms with E-state index in [0.29, 0.717) is 17.7 Å². The number of benzene rings is 2. The van der Waals surface area contributed by atoms with Crippen LogP contribution in [0.4, 0.5) is 4.39 Å². The highest BCUT2D eigenvalue weighted by atomic mass is 35.5. The summed E-state index contributed by atoms with van der Waals surface area (Å²) in [6.07, 6.45) is 1.12. The van der Waals surface area contributed by atoms with Crippen LogP contribution < -0.4 is 5.73 Å². The van der Waals surface area contributed by atoms with Crippen LogP contribution in [0.25, 0.3) is 11.1 Å². The second-order valence-electron chi connectivity index (χ2n) is 4.32. The topological polar surface area (TPSA) is 60.2 Å². The highest BCUT2D eigenvalue weighted by Gasteiger charge is 2.11. The van der Waals surface area contributed by atoms with Gasteiger partial charge < -0.3 is 5.73 Å². The Morgan fingerprint density at radius 2 is 1.85 bits per heavy atom. The van der Waals surface area contributed by atoms with E-state index in [1.165, 1.54) is 18.2 Å². The molecule has 0 saturated heterocycles. The van der Waals surface area contributed by atoms with Gasteiger partial charge in [0.1, 0.15) is 5.82 Å². The zero-order valence-electron chi connectivity index (χ0n) is 10.8. The zero-order valence-corrected chi connectivity index (χ0v) is 12.5. The first-order valence-electron chi connectivity index (χ1n) is 5.71. The van der Waals surface area contributed by atoms with Crippen molar-refractivity contribution >= 4 is 22.2 Å². The van der Waals surface area contributed by atoms with Crippen molar-refractivity contribution in [2.24, 2.45) is 5.73 Å². The lowest BCUT2D eigenvalue weighted by atomic mass is 10.0. The molecule has 0 aliphatic heterocycles. The zero-order chi connectivity index (χ0) is 14.0. The third-order valence-corrected chi connectivity index (χ3v) is 3.95. The van der Waals surface area contributed by atoms with E-state index in [4.69, 9.17) is 5.73 Å². The molecule has 2 aromatic carbocycles. The van der Waals surface area contributed by atoms with E-state index in [2.05, 4.69) is 0 Å². The Morgan fingerprint density at radius 3 is 2.45 bits per heavy atom. The molecule has 0 fully saturated rings. The molecular formula is C14H15ClFNO2S. The van der Waals surface area contributed by atoms with Crippen molar-refractivity contribution in [2.45, 2.75) is 11.4 Å². The highest BCUT2D eigenvalue weighted by molar-refractivity contribution is 7.90. The molecule has 2 aromatic rings. The molecule has 0 bridgehead atoms. The van der Waals surface area contributed by atoms with Crippen LogP contribution in [0.3, 0.4) is 0 Å². The van der Waals surface area contributed by atoms with Crippen LogP contribution in [0, 0.1) is 5.82 Å². The summed E-state index contributed by atoms with van der Waals surface area (Å²) >= 11 is 0. The van der Waals surface area contributed by atoms with Crippen LogP contribution >= 0.6 is 12.4 Å². The first-order valence-corrected chi connectivity index (χ1v) is 7.60.